The van der Waals surface area contributed by atoms with Crippen LogP contribution in [0.4, 0.5) is 0 Å². The summed E-state index contributed by atoms with van der Waals surface area (Å²) in [5.41, 5.74) is 6.50. The molecule has 1 heterocycles. The minimum absolute atomic E-state index is 0.170. The van der Waals surface area contributed by atoms with Crippen LogP contribution in [0.15, 0.2) is 71.3 Å². The predicted octanol–water partition coefficient (Wildman–Crippen LogP) is 6.09. The lowest BCUT2D eigenvalue weighted by atomic mass is 9.94. The van der Waals surface area contributed by atoms with Crippen molar-refractivity contribution in [3.63, 3.8) is 0 Å². The largest absolute Gasteiger partial charge is 0.478 e. The lowest BCUT2D eigenvalue weighted by molar-refractivity contribution is 0.0697. The summed E-state index contributed by atoms with van der Waals surface area (Å²) < 4.78 is 10.9. The Bertz CT molecular complexity index is 1220. The number of aryl methyl sites for hydroxylation is 1. The van der Waals surface area contributed by atoms with Crippen LogP contribution >= 0.6 is 0 Å². The molecule has 3 aromatic rings. The van der Waals surface area contributed by atoms with E-state index in [0.29, 0.717) is 23.9 Å². The van der Waals surface area contributed by atoms with E-state index in [9.17, 15) is 9.90 Å². The molecular weight excluding hydrogens is 404 g/mol. The lowest BCUT2D eigenvalue weighted by Crippen LogP contribution is -1.98. The Morgan fingerprint density at radius 2 is 2.03 bits per heavy atom. The van der Waals surface area contributed by atoms with Gasteiger partial charge < -0.3 is 14.4 Å². The molecule has 3 rings (SSSR count). The van der Waals surface area contributed by atoms with E-state index < -0.39 is 5.97 Å². The second kappa shape index (κ2) is 10.0. The Balaban J connectivity index is 2.06. The molecule has 2 aromatic carbocycles. The maximum absolute atomic E-state index is 11.3. The van der Waals surface area contributed by atoms with Crippen molar-refractivity contribution in [2.75, 3.05) is 7.11 Å². The van der Waals surface area contributed by atoms with Crippen molar-refractivity contribution in [3.8, 4) is 22.8 Å². The molecule has 164 valence electrons. The van der Waals surface area contributed by atoms with Gasteiger partial charge in [0.15, 0.2) is 0 Å². The van der Waals surface area contributed by atoms with Gasteiger partial charge in [0, 0.05) is 18.2 Å². The molecule has 6 nitrogen and oxygen atoms in total. The maximum Gasteiger partial charge on any atom is 0.335 e. The van der Waals surface area contributed by atoms with Gasteiger partial charge in [-0.05, 0) is 72.9 Å². The number of carboxylic acid groups (broad SMARTS) is 1. The van der Waals surface area contributed by atoms with Gasteiger partial charge in [0.1, 0.15) is 0 Å². The number of hydrogen-bond donors (Lipinski definition) is 1. The van der Waals surface area contributed by atoms with Crippen molar-refractivity contribution >= 4 is 11.5 Å². The van der Waals surface area contributed by atoms with E-state index in [0.717, 1.165) is 33.4 Å². The van der Waals surface area contributed by atoms with E-state index in [1.165, 1.54) is 0 Å². The maximum atomic E-state index is 11.3. The van der Waals surface area contributed by atoms with Crippen LogP contribution in [-0.2, 0) is 11.3 Å². The van der Waals surface area contributed by atoms with Crippen LogP contribution in [0.2, 0.25) is 0 Å². The van der Waals surface area contributed by atoms with Gasteiger partial charge in [-0.2, -0.15) is 4.98 Å². The van der Waals surface area contributed by atoms with Crippen LogP contribution in [0.5, 0.6) is 0 Å². The molecule has 0 saturated heterocycles. The summed E-state index contributed by atoms with van der Waals surface area (Å²) in [6.07, 6.45) is 5.87. The minimum atomic E-state index is -1.01. The Kier molecular flexibility index (Phi) is 7.18. The molecule has 0 aliphatic rings. The first-order valence-corrected chi connectivity index (χ1v) is 10.2. The van der Waals surface area contributed by atoms with Crippen LogP contribution in [0.25, 0.3) is 28.4 Å². The lowest BCUT2D eigenvalue weighted by Gasteiger charge is -2.13. The van der Waals surface area contributed by atoms with E-state index in [-0.39, 0.29) is 5.56 Å². The van der Waals surface area contributed by atoms with E-state index in [2.05, 4.69) is 16.7 Å². The van der Waals surface area contributed by atoms with E-state index in [4.69, 9.17) is 9.26 Å². The molecule has 0 aliphatic heterocycles. The number of methoxy groups -OCH3 is 1. The fraction of sp³-hybridized carbons (Fsp3) is 0.192. The zero-order valence-corrected chi connectivity index (χ0v) is 18.7. The highest BCUT2D eigenvalue weighted by atomic mass is 16.5. The van der Waals surface area contributed by atoms with Gasteiger partial charge in [0.2, 0.25) is 5.82 Å². The molecule has 0 atom stereocenters. The second-order valence-corrected chi connectivity index (χ2v) is 7.36. The molecule has 0 bridgehead atoms. The van der Waals surface area contributed by atoms with Crippen LogP contribution in [-0.4, -0.2) is 28.3 Å². The van der Waals surface area contributed by atoms with Crippen LogP contribution in [0.1, 0.15) is 40.9 Å². The van der Waals surface area contributed by atoms with Crippen LogP contribution < -0.4 is 0 Å². The summed E-state index contributed by atoms with van der Waals surface area (Å²) in [6.45, 7) is 10.3. The first-order chi connectivity index (χ1) is 15.4. The third-order valence-electron chi connectivity index (χ3n) is 5.14. The molecular formula is C26H26N2O4. The third-order valence-corrected chi connectivity index (χ3v) is 5.14. The minimum Gasteiger partial charge on any atom is -0.478 e. The molecule has 6 heteroatoms. The van der Waals surface area contributed by atoms with E-state index in [1.54, 1.807) is 25.3 Å². The number of hydrogen-bond acceptors (Lipinski definition) is 5. The Morgan fingerprint density at radius 3 is 2.69 bits per heavy atom. The van der Waals surface area contributed by atoms with Gasteiger partial charge in [-0.1, -0.05) is 42.1 Å². The van der Waals surface area contributed by atoms with Crippen molar-refractivity contribution in [3.05, 3.63) is 89.0 Å². The van der Waals surface area contributed by atoms with Gasteiger partial charge in [-0.25, -0.2) is 4.79 Å². The zero-order chi connectivity index (χ0) is 23.3. The highest BCUT2D eigenvalue weighted by Gasteiger charge is 2.17. The van der Waals surface area contributed by atoms with Crippen molar-refractivity contribution in [1.82, 2.24) is 10.1 Å². The normalized spacial score (nSPS) is 12.1. The molecule has 0 saturated carbocycles. The number of carboxylic acids is 1. The molecule has 0 amide bonds. The zero-order valence-electron chi connectivity index (χ0n) is 18.7. The van der Waals surface area contributed by atoms with Crippen LogP contribution in [0.3, 0.4) is 0 Å². The number of aromatic carboxylic acids is 1. The molecule has 0 radical (unpaired) electrons. The summed E-state index contributed by atoms with van der Waals surface area (Å²) in [7, 11) is 1.65. The van der Waals surface area contributed by atoms with Crippen molar-refractivity contribution in [2.45, 2.75) is 27.4 Å². The summed E-state index contributed by atoms with van der Waals surface area (Å²) in [4.78, 5) is 15.8. The number of ether oxygens (including phenoxy) is 1. The molecule has 0 aliphatic carbocycles. The smallest absolute Gasteiger partial charge is 0.335 e. The first-order valence-electron chi connectivity index (χ1n) is 10.2. The summed E-state index contributed by atoms with van der Waals surface area (Å²) in [5.74, 6) is -0.319. The van der Waals surface area contributed by atoms with Crippen LogP contribution in [0, 0.1) is 6.92 Å². The molecule has 0 fully saturated rings. The van der Waals surface area contributed by atoms with E-state index in [1.807, 2.05) is 57.2 Å². The summed E-state index contributed by atoms with van der Waals surface area (Å²) in [5, 5.41) is 13.4. The van der Waals surface area contributed by atoms with Crippen molar-refractivity contribution in [2.24, 2.45) is 0 Å². The number of aromatic nitrogens is 2. The molecule has 1 aromatic heterocycles. The molecule has 0 spiro atoms. The fourth-order valence-corrected chi connectivity index (χ4v) is 3.53. The molecule has 1 N–H and O–H groups in total. The summed E-state index contributed by atoms with van der Waals surface area (Å²) >= 11 is 0. The third kappa shape index (κ3) is 4.76. The standard InChI is InChI=1S/C26H26N2O4/c1-6-8-16(3)21(7-2)22-12-11-18(13-20(22)15-31-5)25-27-24(28-32-25)23-14-19(26(29)30)10-9-17(23)4/h6-14H,2,15H2,1,3-5H3,(H,29,30)/b8-6-,21-16+. The topological polar surface area (TPSA) is 85.5 Å². The SMILES string of the molecule is C=C/C(=C(C)\C=C/C)c1ccc(-c2nc(-c3cc(C(=O)O)ccc3C)no2)cc1COC. The average Bonchev–Trinajstić information content (AvgIpc) is 3.26. The van der Waals surface area contributed by atoms with Gasteiger partial charge in [0.25, 0.3) is 5.89 Å². The summed E-state index contributed by atoms with van der Waals surface area (Å²) in [6, 6.07) is 10.7. The quantitative estimate of drug-likeness (QED) is 0.435. The highest BCUT2D eigenvalue weighted by Crippen LogP contribution is 2.30. The Hall–Kier alpha value is -3.77. The number of rotatable bonds is 8. The molecule has 0 unspecified atom stereocenters. The van der Waals surface area contributed by atoms with Crippen molar-refractivity contribution in [1.29, 1.82) is 0 Å². The number of benzene rings is 2. The Morgan fingerprint density at radius 1 is 1.25 bits per heavy atom. The molecule has 32 heavy (non-hydrogen) atoms. The van der Waals surface area contributed by atoms with Gasteiger partial charge >= 0.3 is 5.97 Å². The van der Waals surface area contributed by atoms with Gasteiger partial charge in [-0.3, -0.25) is 0 Å². The predicted molar refractivity (Wildman–Crippen MR) is 125 cm³/mol. The second-order valence-electron chi connectivity index (χ2n) is 7.36. The van der Waals surface area contributed by atoms with Gasteiger partial charge in [-0.15, -0.1) is 0 Å². The van der Waals surface area contributed by atoms with Gasteiger partial charge in [0.05, 0.1) is 12.2 Å². The number of allylic oxidation sites excluding steroid dienone is 5. The number of nitrogens with zero attached hydrogens (tertiary/aromatic N) is 2. The highest BCUT2D eigenvalue weighted by molar-refractivity contribution is 5.89. The number of carbonyl (C=O) groups is 1. The fourth-order valence-electron chi connectivity index (χ4n) is 3.53. The van der Waals surface area contributed by atoms with E-state index >= 15 is 0 Å². The first kappa shape index (κ1) is 22.9. The van der Waals surface area contributed by atoms with Crippen molar-refractivity contribution < 1.29 is 19.2 Å². The Labute approximate surface area is 187 Å². The monoisotopic (exact) mass is 430 g/mol. The average molecular weight is 431 g/mol.